The number of hydrogen-bond donors (Lipinski definition) is 1. The first-order valence-corrected chi connectivity index (χ1v) is 14.0. The number of methoxy groups -OCH3 is 1. The van der Waals surface area contributed by atoms with Gasteiger partial charge in [-0.1, -0.05) is 17.3 Å². The number of ether oxygens (including phenoxy) is 2. The Morgan fingerprint density at radius 1 is 0.936 bits per heavy atom. The van der Waals surface area contributed by atoms with Gasteiger partial charge in [0, 0.05) is 48.9 Å². The molecule has 6 rings (SSSR count). The molecule has 240 valence electrons. The van der Waals surface area contributed by atoms with Crippen molar-refractivity contribution in [3.8, 4) is 22.8 Å². The fourth-order valence-corrected chi connectivity index (χ4v) is 5.00. The van der Waals surface area contributed by atoms with Crippen LogP contribution >= 0.6 is 0 Å². The molecule has 3 heterocycles. The smallest absolute Gasteiger partial charge is 0.335 e. The number of fused-ring (bicyclic) bond motifs is 1. The number of aromatic nitrogens is 6. The first kappa shape index (κ1) is 31.3. The van der Waals surface area contributed by atoms with Crippen LogP contribution in [0.25, 0.3) is 28.0 Å². The molecule has 3 aromatic carbocycles. The van der Waals surface area contributed by atoms with Crippen molar-refractivity contribution in [3.63, 3.8) is 0 Å². The van der Waals surface area contributed by atoms with Gasteiger partial charge in [0.2, 0.25) is 5.88 Å². The van der Waals surface area contributed by atoms with Gasteiger partial charge in [-0.3, -0.25) is 0 Å². The Balaban J connectivity index is 1.27. The number of carboxylic acids is 1. The van der Waals surface area contributed by atoms with Crippen LogP contribution in [-0.4, -0.2) is 54.3 Å². The van der Waals surface area contributed by atoms with Gasteiger partial charge in [-0.15, -0.1) is 5.10 Å². The van der Waals surface area contributed by atoms with Gasteiger partial charge in [-0.25, -0.2) is 41.4 Å². The van der Waals surface area contributed by atoms with Crippen LogP contribution in [0.3, 0.4) is 0 Å². The average molecular weight is 651 g/mol. The molecule has 0 unspecified atom stereocenters. The maximum atomic E-state index is 15.5. The van der Waals surface area contributed by atoms with Gasteiger partial charge in [0.05, 0.1) is 41.5 Å². The molecule has 0 aliphatic heterocycles. The third-order valence-electron chi connectivity index (χ3n) is 7.34. The van der Waals surface area contributed by atoms with E-state index in [1.165, 1.54) is 59.0 Å². The number of carboxylic acid groups (broad SMARTS) is 1. The largest absolute Gasteiger partial charge is 0.478 e. The predicted molar refractivity (Wildman–Crippen MR) is 157 cm³/mol. The Bertz CT molecular complexity index is 2120. The van der Waals surface area contributed by atoms with Crippen molar-refractivity contribution in [1.29, 1.82) is 0 Å². The Hall–Kier alpha value is -5.70. The van der Waals surface area contributed by atoms with Gasteiger partial charge in [0.1, 0.15) is 29.6 Å². The highest BCUT2D eigenvalue weighted by atomic mass is 19.2. The molecule has 15 heteroatoms. The molecule has 10 nitrogen and oxygen atoms in total. The van der Waals surface area contributed by atoms with Crippen LogP contribution < -0.4 is 4.74 Å². The van der Waals surface area contributed by atoms with E-state index in [2.05, 4.69) is 20.3 Å². The minimum Gasteiger partial charge on any atom is -0.478 e. The zero-order valence-corrected chi connectivity index (χ0v) is 24.4. The summed E-state index contributed by atoms with van der Waals surface area (Å²) in [6.45, 7) is -0.120. The average Bonchev–Trinajstić information content (AvgIpc) is 3.72. The Kier molecular flexibility index (Phi) is 8.63. The summed E-state index contributed by atoms with van der Waals surface area (Å²) in [6, 6.07) is 11.3. The van der Waals surface area contributed by atoms with Crippen molar-refractivity contribution in [2.24, 2.45) is 0 Å². The van der Waals surface area contributed by atoms with E-state index in [1.807, 2.05) is 0 Å². The third-order valence-corrected chi connectivity index (χ3v) is 7.34. The maximum Gasteiger partial charge on any atom is 0.335 e. The third kappa shape index (κ3) is 6.24. The molecule has 0 fully saturated rings. The second-order valence-corrected chi connectivity index (χ2v) is 10.3. The van der Waals surface area contributed by atoms with Crippen molar-refractivity contribution >= 4 is 17.0 Å². The number of imidazole rings is 1. The molecule has 6 aromatic rings. The van der Waals surface area contributed by atoms with E-state index in [9.17, 15) is 18.7 Å². The SMILES string of the molecule is COCCn1c(Cc2c(F)cc(-c3cccc(OCc4ccc(-n5ccnn5)cc4F)n3)c(F)c2F)nc2c(F)cc(C(=O)O)cc21. The van der Waals surface area contributed by atoms with Crippen molar-refractivity contribution in [1.82, 2.24) is 29.5 Å². The van der Waals surface area contributed by atoms with Crippen LogP contribution in [0.2, 0.25) is 0 Å². The second-order valence-electron chi connectivity index (χ2n) is 10.3. The molecule has 0 atom stereocenters. The fourth-order valence-electron chi connectivity index (χ4n) is 5.00. The highest BCUT2D eigenvalue weighted by Crippen LogP contribution is 2.31. The van der Waals surface area contributed by atoms with Crippen LogP contribution in [0.4, 0.5) is 22.0 Å². The summed E-state index contributed by atoms with van der Waals surface area (Å²) in [5.74, 6) is -7.05. The zero-order chi connectivity index (χ0) is 33.2. The zero-order valence-electron chi connectivity index (χ0n) is 24.4. The quantitative estimate of drug-likeness (QED) is 0.136. The number of carbonyl (C=O) groups is 1. The lowest BCUT2D eigenvalue weighted by molar-refractivity contribution is 0.0696. The minimum absolute atomic E-state index is 0.0429. The van der Waals surface area contributed by atoms with E-state index in [0.29, 0.717) is 5.69 Å². The van der Waals surface area contributed by atoms with Crippen molar-refractivity contribution in [3.05, 3.63) is 119 Å². The lowest BCUT2D eigenvalue weighted by atomic mass is 10.0. The van der Waals surface area contributed by atoms with Crippen LogP contribution in [0.15, 0.2) is 67.0 Å². The van der Waals surface area contributed by atoms with E-state index in [4.69, 9.17) is 9.47 Å². The Labute approximate surface area is 262 Å². The number of rotatable bonds is 11. The Morgan fingerprint density at radius 3 is 2.49 bits per heavy atom. The van der Waals surface area contributed by atoms with E-state index < -0.39 is 52.6 Å². The highest BCUT2D eigenvalue weighted by molar-refractivity contribution is 5.92. The summed E-state index contributed by atoms with van der Waals surface area (Å²) in [5.41, 5.74) is -1.20. The summed E-state index contributed by atoms with van der Waals surface area (Å²) < 4.78 is 89.3. The van der Waals surface area contributed by atoms with Crippen molar-refractivity contribution in [2.75, 3.05) is 13.7 Å². The summed E-state index contributed by atoms with van der Waals surface area (Å²) in [6.07, 6.45) is 2.41. The second kappa shape index (κ2) is 13.0. The molecule has 0 amide bonds. The monoisotopic (exact) mass is 650 g/mol. The van der Waals surface area contributed by atoms with Crippen molar-refractivity contribution < 1.29 is 41.3 Å². The van der Waals surface area contributed by atoms with Crippen molar-refractivity contribution in [2.45, 2.75) is 19.6 Å². The van der Waals surface area contributed by atoms with Gasteiger partial charge in [-0.2, -0.15) is 0 Å². The lowest BCUT2D eigenvalue weighted by Crippen LogP contribution is -2.11. The van der Waals surface area contributed by atoms with E-state index in [1.54, 1.807) is 12.3 Å². The van der Waals surface area contributed by atoms with Crippen LogP contribution in [0.5, 0.6) is 5.88 Å². The number of benzene rings is 3. The van der Waals surface area contributed by atoms with E-state index in [-0.39, 0.29) is 59.3 Å². The lowest BCUT2D eigenvalue weighted by Gasteiger charge is -2.13. The minimum atomic E-state index is -1.51. The molecular formula is C32H23F5N6O4. The molecular weight excluding hydrogens is 627 g/mol. The van der Waals surface area contributed by atoms with Gasteiger partial charge < -0.3 is 19.1 Å². The van der Waals surface area contributed by atoms with Crippen LogP contribution in [0.1, 0.15) is 27.3 Å². The maximum absolute atomic E-state index is 15.5. The first-order valence-electron chi connectivity index (χ1n) is 14.0. The van der Waals surface area contributed by atoms with Gasteiger partial charge in [0.15, 0.2) is 17.5 Å². The number of halogens is 5. The molecule has 3 aromatic heterocycles. The fraction of sp³-hybridized carbons (Fsp3) is 0.156. The topological polar surface area (TPSA) is 117 Å². The number of nitrogens with zero attached hydrogens (tertiary/aromatic N) is 6. The molecule has 0 aliphatic carbocycles. The summed E-state index contributed by atoms with van der Waals surface area (Å²) in [5, 5.41) is 16.8. The van der Waals surface area contributed by atoms with Crippen LogP contribution in [0, 0.1) is 29.1 Å². The number of aromatic carboxylic acids is 1. The molecule has 0 saturated heterocycles. The normalized spacial score (nSPS) is 11.4. The summed E-state index contributed by atoms with van der Waals surface area (Å²) >= 11 is 0. The highest BCUT2D eigenvalue weighted by Gasteiger charge is 2.24. The molecule has 0 bridgehead atoms. The number of hydrogen-bond acceptors (Lipinski definition) is 7. The van der Waals surface area contributed by atoms with Gasteiger partial charge in [-0.05, 0) is 30.3 Å². The van der Waals surface area contributed by atoms with E-state index >= 15 is 13.2 Å². The van der Waals surface area contributed by atoms with Gasteiger partial charge in [0.25, 0.3) is 0 Å². The molecule has 47 heavy (non-hydrogen) atoms. The first-order chi connectivity index (χ1) is 22.6. The predicted octanol–water partition coefficient (Wildman–Crippen LogP) is 5.89. The molecule has 1 N–H and O–H groups in total. The number of pyridine rings is 1. The van der Waals surface area contributed by atoms with E-state index in [0.717, 1.165) is 12.1 Å². The Morgan fingerprint density at radius 2 is 1.77 bits per heavy atom. The summed E-state index contributed by atoms with van der Waals surface area (Å²) in [7, 11) is 1.40. The standard InChI is InChI=1S/C32H23F5N6O4/c1-46-10-9-42-26-12-18(32(44)45)11-24(35)31(26)40-27(42)15-20-23(34)14-21(30(37)29(20)36)25-3-2-4-28(39-25)47-16-17-5-6-19(13-22(17)33)43-8-7-38-41-43/h2-8,11-14H,9-10,15-16H2,1H3,(H,44,45). The molecule has 0 aliphatic rings. The van der Waals surface area contributed by atoms with Crippen LogP contribution in [-0.2, 0) is 24.3 Å². The summed E-state index contributed by atoms with van der Waals surface area (Å²) in [4.78, 5) is 19.8. The molecule has 0 saturated carbocycles. The van der Waals surface area contributed by atoms with Gasteiger partial charge >= 0.3 is 5.97 Å². The molecule has 0 spiro atoms. The molecule has 0 radical (unpaired) electrons.